The number of benzene rings is 1. The minimum atomic E-state index is -1.14. The van der Waals surface area contributed by atoms with E-state index in [1.807, 2.05) is 30.3 Å². The number of nitrogens with one attached hydrogen (secondary N) is 1. The lowest BCUT2D eigenvalue weighted by Gasteiger charge is -2.08. The van der Waals surface area contributed by atoms with Crippen molar-refractivity contribution in [2.75, 3.05) is 0 Å². The van der Waals surface area contributed by atoms with Crippen LogP contribution >= 0.6 is 0 Å². The lowest BCUT2D eigenvalue weighted by molar-refractivity contribution is -0.121. The highest BCUT2D eigenvalue weighted by Crippen LogP contribution is 1.98. The molecular formula is C15H14N2O4. The number of amides is 1. The third kappa shape index (κ3) is 4.04. The first-order valence-corrected chi connectivity index (χ1v) is 6.30. The lowest BCUT2D eigenvalue weighted by Crippen LogP contribution is -2.32. The fraction of sp³-hybridized carbons (Fsp3) is 0.133. The molecule has 0 aliphatic carbocycles. The van der Waals surface area contributed by atoms with Crippen LogP contribution in [0.25, 0.3) is 0 Å². The molecule has 0 unspecified atom stereocenters. The van der Waals surface area contributed by atoms with Gasteiger partial charge < -0.3 is 15.0 Å². The molecule has 108 valence electrons. The first-order chi connectivity index (χ1) is 10.1. The molecule has 2 rings (SSSR count). The monoisotopic (exact) mass is 286 g/mol. The highest BCUT2D eigenvalue weighted by molar-refractivity contribution is 5.87. The summed E-state index contributed by atoms with van der Waals surface area (Å²) in [7, 11) is 0. The van der Waals surface area contributed by atoms with Crippen LogP contribution in [0.1, 0.15) is 15.9 Å². The number of hydrogen-bond acceptors (Lipinski definition) is 3. The molecule has 0 saturated heterocycles. The summed E-state index contributed by atoms with van der Waals surface area (Å²) in [5, 5.41) is 11.5. The molecule has 1 heterocycles. The van der Waals surface area contributed by atoms with Crippen molar-refractivity contribution in [1.82, 2.24) is 9.88 Å². The predicted octanol–water partition coefficient (Wildman–Crippen LogP) is 0.863. The molecule has 0 radical (unpaired) electrons. The molecule has 0 aliphatic heterocycles. The number of carboxylic acid groups (broad SMARTS) is 1. The van der Waals surface area contributed by atoms with E-state index in [0.717, 1.165) is 22.4 Å². The number of aromatic nitrogens is 1. The zero-order valence-corrected chi connectivity index (χ0v) is 11.2. The summed E-state index contributed by atoms with van der Waals surface area (Å²) in [6.07, 6.45) is 1.16. The number of carboxylic acids is 1. The van der Waals surface area contributed by atoms with Gasteiger partial charge >= 0.3 is 5.97 Å². The van der Waals surface area contributed by atoms with Gasteiger partial charge in [0.2, 0.25) is 5.91 Å². The average Bonchev–Trinajstić information content (AvgIpc) is 2.48. The van der Waals surface area contributed by atoms with E-state index in [1.54, 1.807) is 0 Å². The van der Waals surface area contributed by atoms with Gasteiger partial charge in [0.1, 0.15) is 6.54 Å². The summed E-state index contributed by atoms with van der Waals surface area (Å²) in [5.74, 6) is -1.50. The number of hydrogen-bond donors (Lipinski definition) is 2. The van der Waals surface area contributed by atoms with Gasteiger partial charge in [-0.15, -0.1) is 0 Å². The third-order valence-electron chi connectivity index (χ3n) is 2.88. The van der Waals surface area contributed by atoms with Crippen LogP contribution in [0.15, 0.2) is 53.5 Å². The van der Waals surface area contributed by atoms with E-state index in [2.05, 4.69) is 5.32 Å². The second-order valence-corrected chi connectivity index (χ2v) is 4.45. The van der Waals surface area contributed by atoms with Gasteiger partial charge in [-0.25, -0.2) is 4.79 Å². The Balaban J connectivity index is 2.01. The minimum Gasteiger partial charge on any atom is -0.478 e. The number of carbonyl (C=O) groups excluding carboxylic acids is 1. The SMILES string of the molecule is O=C(Cn1cc(C(=O)O)ccc1=O)NCc1ccccc1. The number of aromatic carboxylic acids is 1. The Morgan fingerprint density at radius 3 is 2.48 bits per heavy atom. The summed E-state index contributed by atoms with van der Waals surface area (Å²) in [5.41, 5.74) is 0.484. The van der Waals surface area contributed by atoms with Gasteiger partial charge in [0.05, 0.1) is 5.56 Å². The third-order valence-corrected chi connectivity index (χ3v) is 2.88. The van der Waals surface area contributed by atoms with Crippen LogP contribution in [0.5, 0.6) is 0 Å². The Labute approximate surface area is 120 Å². The number of pyridine rings is 1. The second kappa shape index (κ2) is 6.51. The van der Waals surface area contributed by atoms with E-state index in [1.165, 1.54) is 6.07 Å². The van der Waals surface area contributed by atoms with Crippen LogP contribution in [-0.4, -0.2) is 21.6 Å². The summed E-state index contributed by atoms with van der Waals surface area (Å²) in [6, 6.07) is 11.7. The topological polar surface area (TPSA) is 88.4 Å². The fourth-order valence-corrected chi connectivity index (χ4v) is 1.79. The molecule has 0 aliphatic rings. The normalized spacial score (nSPS) is 10.1. The molecule has 6 heteroatoms. The highest BCUT2D eigenvalue weighted by atomic mass is 16.4. The average molecular weight is 286 g/mol. The van der Waals surface area contributed by atoms with E-state index in [-0.39, 0.29) is 18.0 Å². The summed E-state index contributed by atoms with van der Waals surface area (Å²) in [6.45, 7) is 0.139. The van der Waals surface area contributed by atoms with Crippen molar-refractivity contribution in [2.24, 2.45) is 0 Å². The van der Waals surface area contributed by atoms with Crippen LogP contribution in [-0.2, 0) is 17.9 Å². The molecule has 6 nitrogen and oxygen atoms in total. The molecule has 1 aromatic carbocycles. The maximum Gasteiger partial charge on any atom is 0.337 e. The lowest BCUT2D eigenvalue weighted by atomic mass is 10.2. The van der Waals surface area contributed by atoms with E-state index >= 15 is 0 Å². The van der Waals surface area contributed by atoms with Gasteiger partial charge in [0.25, 0.3) is 5.56 Å². The zero-order chi connectivity index (χ0) is 15.2. The van der Waals surface area contributed by atoms with Crippen molar-refractivity contribution >= 4 is 11.9 Å². The van der Waals surface area contributed by atoms with Crippen molar-refractivity contribution < 1.29 is 14.7 Å². The second-order valence-electron chi connectivity index (χ2n) is 4.45. The Morgan fingerprint density at radius 2 is 1.81 bits per heavy atom. The zero-order valence-electron chi connectivity index (χ0n) is 11.2. The van der Waals surface area contributed by atoms with Crippen LogP contribution in [0.3, 0.4) is 0 Å². The van der Waals surface area contributed by atoms with Gasteiger partial charge in [-0.1, -0.05) is 30.3 Å². The smallest absolute Gasteiger partial charge is 0.337 e. The molecule has 0 spiro atoms. The van der Waals surface area contributed by atoms with E-state index in [0.29, 0.717) is 6.54 Å². The van der Waals surface area contributed by atoms with Crippen molar-refractivity contribution in [3.05, 3.63) is 70.1 Å². The summed E-state index contributed by atoms with van der Waals surface area (Å²) >= 11 is 0. The Morgan fingerprint density at radius 1 is 1.10 bits per heavy atom. The van der Waals surface area contributed by atoms with Crippen molar-refractivity contribution in [3.8, 4) is 0 Å². The maximum absolute atomic E-state index is 11.8. The van der Waals surface area contributed by atoms with Crippen LogP contribution < -0.4 is 10.9 Å². The van der Waals surface area contributed by atoms with Crippen LogP contribution in [0.4, 0.5) is 0 Å². The first-order valence-electron chi connectivity index (χ1n) is 6.30. The van der Waals surface area contributed by atoms with E-state index < -0.39 is 11.5 Å². The van der Waals surface area contributed by atoms with Gasteiger partial charge in [0, 0.05) is 18.8 Å². The number of nitrogens with zero attached hydrogens (tertiary/aromatic N) is 1. The quantitative estimate of drug-likeness (QED) is 0.853. The summed E-state index contributed by atoms with van der Waals surface area (Å²) in [4.78, 5) is 34.2. The van der Waals surface area contributed by atoms with Crippen molar-refractivity contribution in [3.63, 3.8) is 0 Å². The molecule has 0 fully saturated rings. The molecule has 0 bridgehead atoms. The van der Waals surface area contributed by atoms with E-state index in [4.69, 9.17) is 5.11 Å². The van der Waals surface area contributed by atoms with Crippen molar-refractivity contribution in [1.29, 1.82) is 0 Å². The summed E-state index contributed by atoms with van der Waals surface area (Å²) < 4.78 is 1.07. The minimum absolute atomic E-state index is 0.0366. The molecule has 1 aromatic heterocycles. The van der Waals surface area contributed by atoms with E-state index in [9.17, 15) is 14.4 Å². The maximum atomic E-state index is 11.8. The molecular weight excluding hydrogens is 272 g/mol. The Hall–Kier alpha value is -2.89. The fourth-order valence-electron chi connectivity index (χ4n) is 1.79. The molecule has 2 N–H and O–H groups in total. The van der Waals surface area contributed by atoms with Gasteiger partial charge in [-0.3, -0.25) is 9.59 Å². The largest absolute Gasteiger partial charge is 0.478 e. The molecule has 0 saturated carbocycles. The predicted molar refractivity (Wildman–Crippen MR) is 76.0 cm³/mol. The van der Waals surface area contributed by atoms with Gasteiger partial charge in [0.15, 0.2) is 0 Å². The molecule has 1 amide bonds. The molecule has 2 aromatic rings. The van der Waals surface area contributed by atoms with Gasteiger partial charge in [-0.05, 0) is 11.6 Å². The van der Waals surface area contributed by atoms with Gasteiger partial charge in [-0.2, -0.15) is 0 Å². The van der Waals surface area contributed by atoms with Crippen LogP contribution in [0.2, 0.25) is 0 Å². The first kappa shape index (κ1) is 14.5. The number of rotatable bonds is 5. The highest BCUT2D eigenvalue weighted by Gasteiger charge is 2.08. The molecule has 0 atom stereocenters. The Bertz CT molecular complexity index is 707. The number of carbonyl (C=O) groups is 2. The molecule has 21 heavy (non-hydrogen) atoms. The van der Waals surface area contributed by atoms with Crippen LogP contribution in [0, 0.1) is 0 Å². The Kier molecular flexibility index (Phi) is 4.50. The van der Waals surface area contributed by atoms with Crippen molar-refractivity contribution in [2.45, 2.75) is 13.1 Å². The standard InChI is InChI=1S/C15H14N2O4/c18-13(16-8-11-4-2-1-3-5-11)10-17-9-12(15(20)21)6-7-14(17)19/h1-7,9H,8,10H2,(H,16,18)(H,20,21).